The summed E-state index contributed by atoms with van der Waals surface area (Å²) < 4.78 is 16.1. The smallest absolute Gasteiger partial charge is 0.255 e. The van der Waals surface area contributed by atoms with Gasteiger partial charge in [-0.05, 0) is 54.5 Å². The van der Waals surface area contributed by atoms with Gasteiger partial charge in [0.25, 0.3) is 5.91 Å². The zero-order valence-corrected chi connectivity index (χ0v) is 20.2. The second kappa shape index (κ2) is 10.3. The molecule has 7 heteroatoms. The highest BCUT2D eigenvalue weighted by Crippen LogP contribution is 2.36. The summed E-state index contributed by atoms with van der Waals surface area (Å²) >= 11 is 0. The Hall–Kier alpha value is -4.26. The van der Waals surface area contributed by atoms with Gasteiger partial charge in [-0.15, -0.1) is 0 Å². The number of methoxy groups -OCH3 is 3. The number of benzene rings is 3. The number of nitrogens with zero attached hydrogens (tertiary/aromatic N) is 2. The van der Waals surface area contributed by atoms with E-state index in [2.05, 4.69) is 0 Å². The fraction of sp³-hybridized carbons (Fsp3) is 0.214. The van der Waals surface area contributed by atoms with Crippen LogP contribution in [0.3, 0.4) is 0 Å². The van der Waals surface area contributed by atoms with Crippen molar-refractivity contribution < 1.29 is 23.8 Å². The van der Waals surface area contributed by atoms with Gasteiger partial charge in [-0.2, -0.15) is 0 Å². The van der Waals surface area contributed by atoms with E-state index in [4.69, 9.17) is 14.2 Å². The zero-order valence-electron chi connectivity index (χ0n) is 20.2. The highest BCUT2D eigenvalue weighted by molar-refractivity contribution is 6.16. The van der Waals surface area contributed by atoms with Gasteiger partial charge in [0.05, 0.1) is 27.0 Å². The number of carbonyl (C=O) groups is 2. The average molecular weight is 473 g/mol. The van der Waals surface area contributed by atoms with E-state index in [1.807, 2.05) is 43.3 Å². The molecule has 1 heterocycles. The van der Waals surface area contributed by atoms with E-state index in [1.54, 1.807) is 61.6 Å². The van der Waals surface area contributed by atoms with E-state index in [0.717, 1.165) is 11.1 Å². The van der Waals surface area contributed by atoms with Crippen LogP contribution >= 0.6 is 0 Å². The number of hydrogen-bond acceptors (Lipinski definition) is 5. The highest BCUT2D eigenvalue weighted by Gasteiger charge is 2.42. The fourth-order valence-corrected chi connectivity index (χ4v) is 4.23. The Morgan fingerprint density at radius 3 is 2.14 bits per heavy atom. The van der Waals surface area contributed by atoms with Gasteiger partial charge in [0.2, 0.25) is 5.91 Å². The first-order valence-corrected chi connectivity index (χ1v) is 11.2. The van der Waals surface area contributed by atoms with E-state index < -0.39 is 6.04 Å². The molecular weight excluding hydrogens is 444 g/mol. The monoisotopic (exact) mass is 472 g/mol. The third-order valence-corrected chi connectivity index (χ3v) is 5.97. The molecule has 0 aromatic heterocycles. The maximum atomic E-state index is 14.0. The Morgan fingerprint density at radius 2 is 1.51 bits per heavy atom. The van der Waals surface area contributed by atoms with Crippen LogP contribution < -0.4 is 24.0 Å². The number of piperazine rings is 1. The van der Waals surface area contributed by atoms with Crippen molar-refractivity contribution in [3.8, 4) is 17.2 Å². The van der Waals surface area contributed by atoms with E-state index in [9.17, 15) is 9.59 Å². The maximum Gasteiger partial charge on any atom is 0.255 e. The molecule has 0 unspecified atom stereocenters. The predicted molar refractivity (Wildman–Crippen MR) is 136 cm³/mol. The number of rotatable bonds is 7. The first-order chi connectivity index (χ1) is 17.0. The van der Waals surface area contributed by atoms with Crippen molar-refractivity contribution in [2.24, 2.45) is 0 Å². The lowest BCUT2D eigenvalue weighted by Crippen LogP contribution is -2.61. The van der Waals surface area contributed by atoms with Gasteiger partial charge >= 0.3 is 0 Å². The van der Waals surface area contributed by atoms with Crippen molar-refractivity contribution in [2.75, 3.05) is 37.7 Å². The second-order valence-electron chi connectivity index (χ2n) is 8.13. The van der Waals surface area contributed by atoms with Crippen LogP contribution in [0.4, 0.5) is 11.4 Å². The van der Waals surface area contributed by atoms with Crippen LogP contribution in [0.5, 0.6) is 17.2 Å². The molecule has 7 nitrogen and oxygen atoms in total. The van der Waals surface area contributed by atoms with Crippen molar-refractivity contribution in [1.82, 2.24) is 0 Å². The Morgan fingerprint density at radius 1 is 0.857 bits per heavy atom. The predicted octanol–water partition coefficient (Wildman–Crippen LogP) is 4.56. The molecule has 4 rings (SSSR count). The molecule has 0 aliphatic carbocycles. The standard InChI is InChI=1S/C28H28N2O5/c1-19(16-20-8-6-5-7-9-20)27-28(32)29(24-15-14-23(34-3)17-25(24)35-4)18-26(31)30(27)21-10-12-22(33-2)13-11-21/h5-17,27H,18H2,1-4H3/b19-16+/t27-/m0/s1. The van der Waals surface area contributed by atoms with Crippen molar-refractivity contribution in [3.63, 3.8) is 0 Å². The first kappa shape index (κ1) is 23.9. The Kier molecular flexibility index (Phi) is 7.06. The highest BCUT2D eigenvalue weighted by atomic mass is 16.5. The Labute approximate surface area is 205 Å². The van der Waals surface area contributed by atoms with Gasteiger partial charge in [-0.25, -0.2) is 0 Å². The third kappa shape index (κ3) is 4.84. The lowest BCUT2D eigenvalue weighted by atomic mass is 9.98. The zero-order chi connectivity index (χ0) is 24.9. The Balaban J connectivity index is 1.80. The van der Waals surface area contributed by atoms with Crippen LogP contribution in [0, 0.1) is 0 Å². The molecule has 3 aromatic rings. The summed E-state index contributed by atoms with van der Waals surface area (Å²) in [7, 11) is 4.67. The molecule has 35 heavy (non-hydrogen) atoms. The molecule has 1 aliphatic heterocycles. The molecule has 0 radical (unpaired) electrons. The molecule has 1 atom stereocenters. The summed E-state index contributed by atoms with van der Waals surface area (Å²) in [5, 5.41) is 0. The number of hydrogen-bond donors (Lipinski definition) is 0. The third-order valence-electron chi connectivity index (χ3n) is 5.97. The Bertz CT molecular complexity index is 1240. The molecule has 0 spiro atoms. The second-order valence-corrected chi connectivity index (χ2v) is 8.13. The van der Waals surface area contributed by atoms with Crippen molar-refractivity contribution in [3.05, 3.63) is 83.9 Å². The summed E-state index contributed by atoms with van der Waals surface area (Å²) in [6.07, 6.45) is 1.93. The molecule has 0 bridgehead atoms. The molecule has 3 aromatic carbocycles. The van der Waals surface area contributed by atoms with E-state index in [-0.39, 0.29) is 18.4 Å². The van der Waals surface area contributed by atoms with Crippen LogP contribution in [-0.2, 0) is 9.59 Å². The number of carbonyl (C=O) groups excluding carboxylic acids is 2. The van der Waals surface area contributed by atoms with E-state index >= 15 is 0 Å². The maximum absolute atomic E-state index is 14.0. The van der Waals surface area contributed by atoms with Gasteiger partial charge in [-0.3, -0.25) is 19.4 Å². The van der Waals surface area contributed by atoms with Crippen LogP contribution in [-0.4, -0.2) is 45.7 Å². The molecule has 1 fully saturated rings. The largest absolute Gasteiger partial charge is 0.497 e. The molecule has 0 saturated carbocycles. The molecule has 2 amide bonds. The molecule has 0 N–H and O–H groups in total. The summed E-state index contributed by atoms with van der Waals surface area (Å²) in [5.41, 5.74) is 2.82. The van der Waals surface area contributed by atoms with Gasteiger partial charge in [0.15, 0.2) is 0 Å². The minimum atomic E-state index is -0.836. The molecule has 180 valence electrons. The topological polar surface area (TPSA) is 68.3 Å². The summed E-state index contributed by atoms with van der Waals surface area (Å²) in [4.78, 5) is 30.6. The quantitative estimate of drug-likeness (QED) is 0.504. The number of ether oxygens (including phenoxy) is 3. The minimum absolute atomic E-state index is 0.122. The van der Waals surface area contributed by atoms with Crippen molar-refractivity contribution >= 4 is 29.3 Å². The van der Waals surface area contributed by atoms with E-state index in [1.165, 1.54) is 12.0 Å². The summed E-state index contributed by atoms with van der Waals surface area (Å²) in [5.74, 6) is 1.28. The summed E-state index contributed by atoms with van der Waals surface area (Å²) in [6, 6.07) is 21.2. The van der Waals surface area contributed by atoms with Crippen molar-refractivity contribution in [1.29, 1.82) is 0 Å². The van der Waals surface area contributed by atoms with Gasteiger partial charge in [-0.1, -0.05) is 36.4 Å². The van der Waals surface area contributed by atoms with Crippen LogP contribution in [0.2, 0.25) is 0 Å². The number of amides is 2. The minimum Gasteiger partial charge on any atom is -0.497 e. The normalized spacial score (nSPS) is 16.3. The van der Waals surface area contributed by atoms with E-state index in [0.29, 0.717) is 28.6 Å². The van der Waals surface area contributed by atoms with Crippen LogP contribution in [0.15, 0.2) is 78.4 Å². The van der Waals surface area contributed by atoms with Gasteiger partial charge in [0.1, 0.15) is 29.8 Å². The number of anilines is 2. The van der Waals surface area contributed by atoms with Crippen molar-refractivity contribution in [2.45, 2.75) is 13.0 Å². The SMILES string of the molecule is COc1ccc(N2C(=O)CN(c3ccc(OC)cc3OC)C(=O)[C@@H]2/C(C)=C/c2ccccc2)cc1. The van der Waals surface area contributed by atoms with Crippen LogP contribution in [0.1, 0.15) is 12.5 Å². The molecule has 1 saturated heterocycles. The first-order valence-electron chi connectivity index (χ1n) is 11.2. The van der Waals surface area contributed by atoms with Crippen LogP contribution in [0.25, 0.3) is 6.08 Å². The van der Waals surface area contributed by atoms with Gasteiger partial charge < -0.3 is 14.2 Å². The molecular formula is C28H28N2O5. The molecule has 1 aliphatic rings. The summed E-state index contributed by atoms with van der Waals surface area (Å²) in [6.45, 7) is 1.75. The fourth-order valence-electron chi connectivity index (χ4n) is 4.23. The lowest BCUT2D eigenvalue weighted by Gasteiger charge is -2.41. The lowest BCUT2D eigenvalue weighted by molar-refractivity contribution is -0.127. The van der Waals surface area contributed by atoms with Gasteiger partial charge in [0, 0.05) is 11.8 Å². The average Bonchev–Trinajstić information content (AvgIpc) is 2.89.